The molecule has 0 aromatic carbocycles. The smallest absolute Gasteiger partial charge is 0.272 e. The van der Waals surface area contributed by atoms with Crippen LogP contribution in [0.5, 0.6) is 0 Å². The number of carbonyl (C=O) groups is 1. The molecular weight excluding hydrogens is 316 g/mol. The van der Waals surface area contributed by atoms with Gasteiger partial charge in [0.2, 0.25) is 5.78 Å². The summed E-state index contributed by atoms with van der Waals surface area (Å²) in [5.41, 5.74) is 3.04. The van der Waals surface area contributed by atoms with E-state index in [1.165, 1.54) is 0 Å². The first-order chi connectivity index (χ1) is 12.1. The van der Waals surface area contributed by atoms with Crippen LogP contribution in [0, 0.1) is 6.92 Å². The molecule has 7 heteroatoms. The summed E-state index contributed by atoms with van der Waals surface area (Å²) in [5, 5.41) is 3.02. The van der Waals surface area contributed by atoms with E-state index in [9.17, 15) is 4.79 Å². The average molecular weight is 334 g/mol. The van der Waals surface area contributed by atoms with Gasteiger partial charge in [0.1, 0.15) is 11.3 Å². The van der Waals surface area contributed by atoms with Crippen LogP contribution in [0.3, 0.4) is 0 Å². The number of rotatable bonds is 4. The minimum absolute atomic E-state index is 0.194. The molecule has 0 aliphatic rings. The minimum Gasteiger partial charge on any atom is -0.342 e. The zero-order valence-corrected chi connectivity index (χ0v) is 14.0. The molecule has 1 atom stereocenters. The Kier molecular flexibility index (Phi) is 3.68. The van der Waals surface area contributed by atoms with Gasteiger partial charge in [-0.1, -0.05) is 13.0 Å². The van der Waals surface area contributed by atoms with E-state index in [1.54, 1.807) is 12.4 Å². The van der Waals surface area contributed by atoms with Gasteiger partial charge in [0.05, 0.1) is 11.7 Å². The molecule has 1 amide bonds. The molecule has 0 spiro atoms. The minimum atomic E-state index is -0.210. The van der Waals surface area contributed by atoms with E-state index in [0.29, 0.717) is 11.5 Å². The second-order valence-corrected chi connectivity index (χ2v) is 6.03. The monoisotopic (exact) mass is 334 g/mol. The summed E-state index contributed by atoms with van der Waals surface area (Å²) in [6.07, 6.45) is 9.90. The van der Waals surface area contributed by atoms with Gasteiger partial charge in [0.15, 0.2) is 0 Å². The molecule has 4 heterocycles. The summed E-state index contributed by atoms with van der Waals surface area (Å²) in [6.45, 7) is 4.01. The first kappa shape index (κ1) is 15.3. The summed E-state index contributed by atoms with van der Waals surface area (Å²) in [6, 6.07) is 5.52. The number of carbonyl (C=O) groups excluding carboxylic acids is 1. The number of pyridine rings is 1. The zero-order chi connectivity index (χ0) is 17.4. The highest BCUT2D eigenvalue weighted by Crippen LogP contribution is 2.17. The average Bonchev–Trinajstić information content (AvgIpc) is 3.22. The van der Waals surface area contributed by atoms with Gasteiger partial charge in [0.25, 0.3) is 5.91 Å². The van der Waals surface area contributed by atoms with Crippen LogP contribution in [-0.2, 0) is 0 Å². The second kappa shape index (κ2) is 6.01. The Morgan fingerprint density at radius 1 is 1.20 bits per heavy atom. The van der Waals surface area contributed by atoms with Gasteiger partial charge < -0.3 is 9.72 Å². The highest BCUT2D eigenvalue weighted by molar-refractivity contribution is 5.93. The number of hydrogen-bond donors (Lipinski definition) is 1. The van der Waals surface area contributed by atoms with Crippen LogP contribution in [0.25, 0.3) is 11.4 Å². The lowest BCUT2D eigenvalue weighted by Gasteiger charge is -2.13. The molecular formula is C18H18N6O. The predicted octanol–water partition coefficient (Wildman–Crippen LogP) is 2.57. The Hall–Kier alpha value is -3.22. The summed E-state index contributed by atoms with van der Waals surface area (Å²) in [4.78, 5) is 25.7. The van der Waals surface area contributed by atoms with E-state index >= 15 is 0 Å². The topological polar surface area (TPSA) is 76.6 Å². The number of amides is 1. The summed E-state index contributed by atoms with van der Waals surface area (Å²) in [7, 11) is 0. The highest BCUT2D eigenvalue weighted by Gasteiger charge is 2.19. The fourth-order valence-corrected chi connectivity index (χ4v) is 2.85. The van der Waals surface area contributed by atoms with E-state index in [4.69, 9.17) is 0 Å². The summed E-state index contributed by atoms with van der Waals surface area (Å²) < 4.78 is 3.71. The molecule has 0 aliphatic carbocycles. The fourth-order valence-electron chi connectivity index (χ4n) is 2.85. The molecule has 4 aromatic rings. The van der Waals surface area contributed by atoms with Gasteiger partial charge in [-0.3, -0.25) is 9.20 Å². The Morgan fingerprint density at radius 2 is 2.08 bits per heavy atom. The largest absolute Gasteiger partial charge is 0.342 e. The SMILES string of the molecule is CC[C@H](NC(=O)c1cn2cc(C)ccc2n1)c1cn2cccnc2n1. The number of nitrogens with zero attached hydrogens (tertiary/aromatic N) is 5. The Balaban J connectivity index is 1.60. The van der Waals surface area contributed by atoms with Crippen molar-refractivity contribution in [2.45, 2.75) is 26.3 Å². The predicted molar refractivity (Wildman–Crippen MR) is 93.4 cm³/mol. The lowest BCUT2D eigenvalue weighted by Crippen LogP contribution is -2.28. The number of fused-ring (bicyclic) bond motifs is 2. The van der Waals surface area contributed by atoms with Gasteiger partial charge in [0, 0.05) is 31.0 Å². The molecule has 0 bridgehead atoms. The van der Waals surface area contributed by atoms with Crippen molar-refractivity contribution in [3.8, 4) is 0 Å². The quantitative estimate of drug-likeness (QED) is 0.622. The normalized spacial score (nSPS) is 12.6. The van der Waals surface area contributed by atoms with Crippen molar-refractivity contribution >= 4 is 17.3 Å². The summed E-state index contributed by atoms with van der Waals surface area (Å²) in [5.74, 6) is 0.409. The molecule has 0 fully saturated rings. The molecule has 0 radical (unpaired) electrons. The van der Waals surface area contributed by atoms with Crippen LogP contribution in [0.15, 0.2) is 49.2 Å². The van der Waals surface area contributed by atoms with E-state index in [0.717, 1.165) is 23.3 Å². The molecule has 0 saturated carbocycles. The first-order valence-electron chi connectivity index (χ1n) is 8.20. The maximum Gasteiger partial charge on any atom is 0.272 e. The van der Waals surface area contributed by atoms with Crippen molar-refractivity contribution in [1.29, 1.82) is 0 Å². The standard InChI is InChI=1S/C18H18N6O/c1-3-13(14-10-23-8-4-7-19-18(23)22-14)21-17(25)15-11-24-9-12(2)5-6-16(24)20-15/h4-11,13H,3H2,1-2H3,(H,21,25)/t13-/m0/s1. The summed E-state index contributed by atoms with van der Waals surface area (Å²) >= 11 is 0. The van der Waals surface area contributed by atoms with Crippen molar-refractivity contribution in [3.05, 3.63) is 66.1 Å². The van der Waals surface area contributed by atoms with Gasteiger partial charge in [-0.15, -0.1) is 0 Å². The van der Waals surface area contributed by atoms with E-state index in [1.807, 2.05) is 59.4 Å². The maximum absolute atomic E-state index is 12.6. The lowest BCUT2D eigenvalue weighted by molar-refractivity contribution is 0.0930. The van der Waals surface area contributed by atoms with Crippen molar-refractivity contribution in [2.24, 2.45) is 0 Å². The van der Waals surface area contributed by atoms with Gasteiger partial charge >= 0.3 is 0 Å². The molecule has 0 saturated heterocycles. The molecule has 4 rings (SSSR count). The van der Waals surface area contributed by atoms with E-state index in [2.05, 4.69) is 20.3 Å². The number of imidazole rings is 2. The molecule has 4 aromatic heterocycles. The van der Waals surface area contributed by atoms with Crippen molar-refractivity contribution in [2.75, 3.05) is 0 Å². The number of aryl methyl sites for hydroxylation is 1. The zero-order valence-electron chi connectivity index (χ0n) is 14.0. The van der Waals surface area contributed by atoms with Gasteiger partial charge in [-0.05, 0) is 31.0 Å². The Labute approximate surface area is 144 Å². The van der Waals surface area contributed by atoms with Crippen LogP contribution in [0.4, 0.5) is 0 Å². The third-order valence-electron chi connectivity index (χ3n) is 4.16. The Bertz CT molecular complexity index is 1030. The first-order valence-corrected chi connectivity index (χ1v) is 8.20. The van der Waals surface area contributed by atoms with Crippen molar-refractivity contribution in [3.63, 3.8) is 0 Å². The fraction of sp³-hybridized carbons (Fsp3) is 0.222. The van der Waals surface area contributed by atoms with Gasteiger partial charge in [-0.2, -0.15) is 0 Å². The number of hydrogen-bond acceptors (Lipinski definition) is 4. The second-order valence-electron chi connectivity index (χ2n) is 6.03. The van der Waals surface area contributed by atoms with Crippen LogP contribution in [-0.4, -0.2) is 29.7 Å². The van der Waals surface area contributed by atoms with Crippen LogP contribution in [0.1, 0.15) is 41.1 Å². The Morgan fingerprint density at radius 3 is 2.88 bits per heavy atom. The number of nitrogens with one attached hydrogen (secondary N) is 1. The molecule has 1 N–H and O–H groups in total. The maximum atomic E-state index is 12.6. The number of aromatic nitrogens is 5. The molecule has 0 aliphatic heterocycles. The van der Waals surface area contributed by atoms with E-state index in [-0.39, 0.29) is 11.9 Å². The third-order valence-corrected chi connectivity index (χ3v) is 4.16. The molecule has 7 nitrogen and oxygen atoms in total. The van der Waals surface area contributed by atoms with Crippen molar-refractivity contribution in [1.82, 2.24) is 29.1 Å². The molecule has 25 heavy (non-hydrogen) atoms. The lowest BCUT2D eigenvalue weighted by atomic mass is 10.1. The van der Waals surface area contributed by atoms with Gasteiger partial charge in [-0.25, -0.2) is 15.0 Å². The molecule has 0 unspecified atom stereocenters. The van der Waals surface area contributed by atoms with Crippen LogP contribution >= 0.6 is 0 Å². The van der Waals surface area contributed by atoms with Crippen molar-refractivity contribution < 1.29 is 4.79 Å². The van der Waals surface area contributed by atoms with Crippen LogP contribution < -0.4 is 5.32 Å². The third kappa shape index (κ3) is 2.84. The van der Waals surface area contributed by atoms with Crippen LogP contribution in [0.2, 0.25) is 0 Å². The highest BCUT2D eigenvalue weighted by atomic mass is 16.2. The van der Waals surface area contributed by atoms with E-state index < -0.39 is 0 Å². The molecule has 126 valence electrons.